The molecule has 0 aromatic rings. The third kappa shape index (κ3) is 2.93. The Hall–Kier alpha value is 0.270. The zero-order valence-corrected chi connectivity index (χ0v) is 11.7. The van der Waals surface area contributed by atoms with Crippen LogP contribution in [0.15, 0.2) is 0 Å². The molecule has 2 nitrogen and oxygen atoms in total. The van der Waals surface area contributed by atoms with Gasteiger partial charge in [-0.3, -0.25) is 4.90 Å². The molecule has 0 aromatic heterocycles. The van der Waals surface area contributed by atoms with E-state index in [2.05, 4.69) is 30.3 Å². The van der Waals surface area contributed by atoms with E-state index in [4.69, 9.17) is 0 Å². The summed E-state index contributed by atoms with van der Waals surface area (Å²) in [6.45, 7) is 7.18. The number of rotatable bonds is 5. The normalized spacial score (nSPS) is 33.9. The molecule has 94 valence electrons. The van der Waals surface area contributed by atoms with Crippen LogP contribution in [0.5, 0.6) is 0 Å². The van der Waals surface area contributed by atoms with E-state index < -0.39 is 0 Å². The van der Waals surface area contributed by atoms with Crippen molar-refractivity contribution in [1.29, 1.82) is 0 Å². The fourth-order valence-electron chi connectivity index (χ4n) is 2.87. The van der Waals surface area contributed by atoms with Crippen molar-refractivity contribution < 1.29 is 0 Å². The quantitative estimate of drug-likeness (QED) is 0.796. The maximum Gasteiger partial charge on any atom is 0.0224 e. The van der Waals surface area contributed by atoms with Crippen LogP contribution >= 0.6 is 11.8 Å². The van der Waals surface area contributed by atoms with Gasteiger partial charge in [-0.2, -0.15) is 11.8 Å². The third-order valence-corrected chi connectivity index (χ3v) is 4.86. The van der Waals surface area contributed by atoms with Gasteiger partial charge in [0.05, 0.1) is 0 Å². The van der Waals surface area contributed by atoms with E-state index in [1.165, 1.54) is 38.1 Å². The van der Waals surface area contributed by atoms with E-state index in [1.807, 2.05) is 11.8 Å². The van der Waals surface area contributed by atoms with Gasteiger partial charge in [-0.15, -0.1) is 0 Å². The van der Waals surface area contributed by atoms with E-state index in [0.717, 1.165) is 18.0 Å². The van der Waals surface area contributed by atoms with Gasteiger partial charge in [0.25, 0.3) is 0 Å². The summed E-state index contributed by atoms with van der Waals surface area (Å²) in [5.41, 5.74) is 0. The average molecular weight is 242 g/mol. The van der Waals surface area contributed by atoms with E-state index in [0.29, 0.717) is 6.04 Å². The molecule has 2 aliphatic rings. The fraction of sp³-hybridized carbons (Fsp3) is 1.00. The van der Waals surface area contributed by atoms with Crippen LogP contribution in [-0.4, -0.2) is 48.1 Å². The molecule has 2 rings (SSSR count). The zero-order valence-electron chi connectivity index (χ0n) is 10.9. The highest BCUT2D eigenvalue weighted by Gasteiger charge is 2.37. The molecule has 1 aliphatic heterocycles. The molecule has 3 heteroatoms. The van der Waals surface area contributed by atoms with Gasteiger partial charge in [0.1, 0.15) is 0 Å². The number of piperazine rings is 1. The van der Waals surface area contributed by atoms with Crippen molar-refractivity contribution >= 4 is 11.8 Å². The molecule has 0 aromatic carbocycles. The van der Waals surface area contributed by atoms with Crippen molar-refractivity contribution in [1.82, 2.24) is 10.2 Å². The third-order valence-electron chi connectivity index (χ3n) is 4.14. The van der Waals surface area contributed by atoms with Crippen molar-refractivity contribution in [3.05, 3.63) is 0 Å². The Labute approximate surface area is 105 Å². The molecular weight excluding hydrogens is 216 g/mol. The fourth-order valence-corrected chi connectivity index (χ4v) is 3.69. The number of nitrogens with zero attached hydrogens (tertiary/aromatic N) is 1. The Morgan fingerprint density at radius 1 is 1.44 bits per heavy atom. The van der Waals surface area contributed by atoms with Crippen LogP contribution in [0.1, 0.15) is 33.1 Å². The molecule has 0 bridgehead atoms. The number of thioether (sulfide) groups is 1. The predicted molar refractivity (Wildman–Crippen MR) is 73.1 cm³/mol. The molecule has 0 amide bonds. The Kier molecular flexibility index (Phi) is 4.57. The smallest absolute Gasteiger partial charge is 0.0224 e. The monoisotopic (exact) mass is 242 g/mol. The number of nitrogens with one attached hydrogen (secondary N) is 1. The first-order valence-electron chi connectivity index (χ1n) is 6.74. The summed E-state index contributed by atoms with van der Waals surface area (Å²) in [4.78, 5) is 2.76. The standard InChI is InChI=1S/C13H26N2S/c1-4-12(9-16-3)15-8-13(11-5-6-11)14-7-10(15)2/h10-14H,4-9H2,1-3H3. The van der Waals surface area contributed by atoms with Crippen molar-refractivity contribution in [2.24, 2.45) is 5.92 Å². The summed E-state index contributed by atoms with van der Waals surface area (Å²) in [6.07, 6.45) is 6.44. The van der Waals surface area contributed by atoms with Crippen molar-refractivity contribution in [3.63, 3.8) is 0 Å². The van der Waals surface area contributed by atoms with Gasteiger partial charge < -0.3 is 5.32 Å². The van der Waals surface area contributed by atoms with Gasteiger partial charge >= 0.3 is 0 Å². The van der Waals surface area contributed by atoms with E-state index >= 15 is 0 Å². The van der Waals surface area contributed by atoms with Crippen LogP contribution in [0.4, 0.5) is 0 Å². The second kappa shape index (κ2) is 5.74. The molecule has 16 heavy (non-hydrogen) atoms. The maximum absolute atomic E-state index is 3.73. The van der Waals surface area contributed by atoms with Crippen molar-refractivity contribution in [3.8, 4) is 0 Å². The summed E-state index contributed by atoms with van der Waals surface area (Å²) < 4.78 is 0. The molecule has 1 heterocycles. The Morgan fingerprint density at radius 3 is 2.75 bits per heavy atom. The van der Waals surface area contributed by atoms with Gasteiger partial charge in [-0.25, -0.2) is 0 Å². The summed E-state index contributed by atoms with van der Waals surface area (Å²) in [5.74, 6) is 2.28. The predicted octanol–water partition coefficient (Wildman–Crippen LogP) is 2.20. The topological polar surface area (TPSA) is 15.3 Å². The van der Waals surface area contributed by atoms with E-state index in [9.17, 15) is 0 Å². The summed E-state index contributed by atoms with van der Waals surface area (Å²) in [5, 5.41) is 3.73. The van der Waals surface area contributed by atoms with Crippen LogP contribution in [0.25, 0.3) is 0 Å². The minimum Gasteiger partial charge on any atom is -0.311 e. The summed E-state index contributed by atoms with van der Waals surface area (Å²) in [7, 11) is 0. The molecule has 3 atom stereocenters. The highest BCUT2D eigenvalue weighted by molar-refractivity contribution is 7.98. The van der Waals surface area contributed by atoms with Crippen LogP contribution in [0.3, 0.4) is 0 Å². The second-order valence-corrected chi connectivity index (χ2v) is 6.33. The molecular formula is C13H26N2S. The Morgan fingerprint density at radius 2 is 2.19 bits per heavy atom. The maximum atomic E-state index is 3.73. The summed E-state index contributed by atoms with van der Waals surface area (Å²) in [6, 6.07) is 2.28. The lowest BCUT2D eigenvalue weighted by molar-refractivity contribution is 0.0927. The molecule has 3 unspecified atom stereocenters. The first kappa shape index (κ1) is 12.7. The van der Waals surface area contributed by atoms with E-state index in [1.54, 1.807) is 0 Å². The lowest BCUT2D eigenvalue weighted by atomic mass is 10.0. The first-order chi connectivity index (χ1) is 7.76. The number of hydrogen-bond acceptors (Lipinski definition) is 3. The SMILES string of the molecule is CCC(CSC)N1CC(C2CC2)NCC1C. The van der Waals surface area contributed by atoms with Gasteiger partial charge in [0.15, 0.2) is 0 Å². The van der Waals surface area contributed by atoms with Crippen LogP contribution in [0, 0.1) is 5.92 Å². The second-order valence-electron chi connectivity index (χ2n) is 5.42. The lowest BCUT2D eigenvalue weighted by Gasteiger charge is -2.43. The summed E-state index contributed by atoms with van der Waals surface area (Å²) >= 11 is 1.99. The van der Waals surface area contributed by atoms with Crippen LogP contribution < -0.4 is 5.32 Å². The van der Waals surface area contributed by atoms with Crippen LogP contribution in [0.2, 0.25) is 0 Å². The lowest BCUT2D eigenvalue weighted by Crippen LogP contribution is -2.59. The minimum atomic E-state index is 0.715. The molecule has 0 radical (unpaired) electrons. The van der Waals surface area contributed by atoms with Crippen LogP contribution in [-0.2, 0) is 0 Å². The van der Waals surface area contributed by atoms with E-state index in [-0.39, 0.29) is 0 Å². The highest BCUT2D eigenvalue weighted by atomic mass is 32.2. The first-order valence-corrected chi connectivity index (χ1v) is 8.13. The average Bonchev–Trinajstić information content (AvgIpc) is 3.11. The molecule has 1 N–H and O–H groups in total. The molecule has 0 spiro atoms. The van der Waals surface area contributed by atoms with Crippen molar-refractivity contribution in [2.45, 2.75) is 51.2 Å². The largest absolute Gasteiger partial charge is 0.311 e. The van der Waals surface area contributed by atoms with Crippen molar-refractivity contribution in [2.75, 3.05) is 25.1 Å². The van der Waals surface area contributed by atoms with Gasteiger partial charge in [0.2, 0.25) is 0 Å². The minimum absolute atomic E-state index is 0.715. The zero-order chi connectivity index (χ0) is 11.5. The Balaban J connectivity index is 1.92. The van der Waals surface area contributed by atoms with Gasteiger partial charge in [-0.05, 0) is 38.4 Å². The Bertz CT molecular complexity index is 218. The molecule has 2 fully saturated rings. The van der Waals surface area contributed by atoms with Gasteiger partial charge in [-0.1, -0.05) is 6.92 Å². The molecule has 1 saturated carbocycles. The van der Waals surface area contributed by atoms with Gasteiger partial charge in [0, 0.05) is 37.0 Å². The number of hydrogen-bond donors (Lipinski definition) is 1. The molecule has 1 saturated heterocycles. The molecule has 1 aliphatic carbocycles. The highest BCUT2D eigenvalue weighted by Crippen LogP contribution is 2.34.